The van der Waals surface area contributed by atoms with Crippen molar-refractivity contribution in [2.45, 2.75) is 0 Å². The SMILES string of the molecule is O=C(O)/C=C/c1ccc(O)c(O)c1O. The van der Waals surface area contributed by atoms with Gasteiger partial charge < -0.3 is 20.4 Å². The maximum absolute atomic E-state index is 10.2. The highest BCUT2D eigenvalue weighted by atomic mass is 16.4. The lowest BCUT2D eigenvalue weighted by atomic mass is 10.1. The summed E-state index contributed by atoms with van der Waals surface area (Å²) in [6.45, 7) is 0. The fourth-order valence-corrected chi connectivity index (χ4v) is 0.880. The van der Waals surface area contributed by atoms with Crippen LogP contribution in [0.1, 0.15) is 5.56 Å². The molecule has 0 saturated carbocycles. The van der Waals surface area contributed by atoms with E-state index in [0.717, 1.165) is 18.2 Å². The molecule has 0 atom stereocenters. The zero-order valence-corrected chi connectivity index (χ0v) is 7.01. The molecule has 0 aliphatic heterocycles. The number of aromatic hydroxyl groups is 3. The molecule has 0 amide bonds. The Bertz CT molecular complexity index is 394. The minimum absolute atomic E-state index is 0.114. The highest BCUT2D eigenvalue weighted by Gasteiger charge is 2.08. The quantitative estimate of drug-likeness (QED) is 0.416. The van der Waals surface area contributed by atoms with Crippen molar-refractivity contribution in [3.8, 4) is 17.2 Å². The molecule has 0 aliphatic carbocycles. The molecular formula is C9H8O5. The molecule has 0 radical (unpaired) electrons. The number of carbonyl (C=O) groups is 1. The molecule has 0 aromatic heterocycles. The third-order valence-corrected chi connectivity index (χ3v) is 1.57. The van der Waals surface area contributed by atoms with Crippen LogP contribution in [0.3, 0.4) is 0 Å². The van der Waals surface area contributed by atoms with Gasteiger partial charge in [0.05, 0.1) is 0 Å². The third kappa shape index (κ3) is 1.95. The van der Waals surface area contributed by atoms with Crippen LogP contribution in [0.25, 0.3) is 6.08 Å². The Balaban J connectivity index is 3.12. The lowest BCUT2D eigenvalue weighted by Gasteiger charge is -2.02. The Morgan fingerprint density at radius 2 is 1.79 bits per heavy atom. The zero-order valence-electron chi connectivity index (χ0n) is 7.01. The first-order chi connectivity index (χ1) is 6.52. The number of hydrogen-bond donors (Lipinski definition) is 4. The number of phenolic OH excluding ortho intramolecular Hbond substituents is 3. The Morgan fingerprint density at radius 3 is 2.36 bits per heavy atom. The van der Waals surface area contributed by atoms with Gasteiger partial charge in [-0.2, -0.15) is 0 Å². The zero-order chi connectivity index (χ0) is 10.7. The first-order valence-corrected chi connectivity index (χ1v) is 3.67. The molecule has 0 bridgehead atoms. The van der Waals surface area contributed by atoms with E-state index in [2.05, 4.69) is 0 Å². The van der Waals surface area contributed by atoms with Crippen LogP contribution in [0.4, 0.5) is 0 Å². The van der Waals surface area contributed by atoms with E-state index in [1.807, 2.05) is 0 Å². The second kappa shape index (κ2) is 3.69. The summed E-state index contributed by atoms with van der Waals surface area (Å²) in [6, 6.07) is 2.43. The molecule has 74 valence electrons. The van der Waals surface area contributed by atoms with Gasteiger partial charge in [-0.3, -0.25) is 0 Å². The molecule has 1 aromatic rings. The molecule has 0 spiro atoms. The van der Waals surface area contributed by atoms with Gasteiger partial charge in [0.15, 0.2) is 11.5 Å². The van der Waals surface area contributed by atoms with Crippen molar-refractivity contribution in [2.75, 3.05) is 0 Å². The summed E-state index contributed by atoms with van der Waals surface area (Å²) >= 11 is 0. The summed E-state index contributed by atoms with van der Waals surface area (Å²) in [6.07, 6.45) is 1.92. The van der Waals surface area contributed by atoms with Gasteiger partial charge >= 0.3 is 5.97 Å². The highest BCUT2D eigenvalue weighted by molar-refractivity contribution is 5.86. The monoisotopic (exact) mass is 196 g/mol. The Morgan fingerprint density at radius 1 is 1.14 bits per heavy atom. The molecule has 5 heteroatoms. The van der Waals surface area contributed by atoms with Crippen molar-refractivity contribution in [3.05, 3.63) is 23.8 Å². The molecular weight excluding hydrogens is 188 g/mol. The van der Waals surface area contributed by atoms with E-state index in [1.165, 1.54) is 6.07 Å². The fourth-order valence-electron chi connectivity index (χ4n) is 0.880. The van der Waals surface area contributed by atoms with Gasteiger partial charge in [-0.05, 0) is 18.2 Å². The highest BCUT2D eigenvalue weighted by Crippen LogP contribution is 2.37. The van der Waals surface area contributed by atoms with E-state index >= 15 is 0 Å². The van der Waals surface area contributed by atoms with E-state index in [0.29, 0.717) is 0 Å². The van der Waals surface area contributed by atoms with Crippen LogP contribution < -0.4 is 0 Å². The van der Waals surface area contributed by atoms with E-state index in [9.17, 15) is 9.90 Å². The summed E-state index contributed by atoms with van der Waals surface area (Å²) in [5.74, 6) is -2.85. The minimum Gasteiger partial charge on any atom is -0.504 e. The second-order valence-corrected chi connectivity index (χ2v) is 2.54. The maximum atomic E-state index is 10.2. The number of benzene rings is 1. The fraction of sp³-hybridized carbons (Fsp3) is 0. The normalized spacial score (nSPS) is 10.6. The van der Waals surface area contributed by atoms with E-state index < -0.39 is 23.2 Å². The Kier molecular flexibility index (Phi) is 2.62. The van der Waals surface area contributed by atoms with Crippen molar-refractivity contribution in [1.82, 2.24) is 0 Å². The summed E-state index contributed by atoms with van der Waals surface area (Å²) in [5.41, 5.74) is 0.114. The first-order valence-electron chi connectivity index (χ1n) is 3.67. The second-order valence-electron chi connectivity index (χ2n) is 2.54. The van der Waals surface area contributed by atoms with Gasteiger partial charge in [0.1, 0.15) is 0 Å². The molecule has 0 heterocycles. The molecule has 0 fully saturated rings. The molecule has 1 rings (SSSR count). The van der Waals surface area contributed by atoms with Crippen LogP contribution in [-0.2, 0) is 4.79 Å². The lowest BCUT2D eigenvalue weighted by molar-refractivity contribution is -0.131. The predicted octanol–water partition coefficient (Wildman–Crippen LogP) is 0.901. The molecule has 5 nitrogen and oxygen atoms in total. The average Bonchev–Trinajstić information content (AvgIpc) is 2.13. The van der Waals surface area contributed by atoms with Crippen LogP contribution >= 0.6 is 0 Å². The van der Waals surface area contributed by atoms with Gasteiger partial charge in [0.2, 0.25) is 5.75 Å². The topological polar surface area (TPSA) is 98.0 Å². The Labute approximate surface area is 79.2 Å². The van der Waals surface area contributed by atoms with Crippen LogP contribution in [0.5, 0.6) is 17.2 Å². The average molecular weight is 196 g/mol. The largest absolute Gasteiger partial charge is 0.504 e. The number of carboxylic acids is 1. The van der Waals surface area contributed by atoms with Gasteiger partial charge in [0.25, 0.3) is 0 Å². The van der Waals surface area contributed by atoms with Crippen molar-refractivity contribution < 1.29 is 25.2 Å². The molecule has 0 saturated heterocycles. The molecule has 0 aliphatic rings. The summed E-state index contributed by atoms with van der Waals surface area (Å²) in [5, 5.41) is 35.6. The van der Waals surface area contributed by atoms with E-state index in [4.69, 9.17) is 15.3 Å². The first kappa shape index (κ1) is 9.91. The number of aliphatic carboxylic acids is 1. The van der Waals surface area contributed by atoms with Crippen molar-refractivity contribution in [3.63, 3.8) is 0 Å². The third-order valence-electron chi connectivity index (χ3n) is 1.57. The van der Waals surface area contributed by atoms with Crippen molar-refractivity contribution >= 4 is 12.0 Å². The van der Waals surface area contributed by atoms with Crippen molar-refractivity contribution in [2.24, 2.45) is 0 Å². The number of carboxylic acid groups (broad SMARTS) is 1. The van der Waals surface area contributed by atoms with Crippen LogP contribution in [0.2, 0.25) is 0 Å². The summed E-state index contributed by atoms with van der Waals surface area (Å²) < 4.78 is 0. The lowest BCUT2D eigenvalue weighted by Crippen LogP contribution is -1.86. The maximum Gasteiger partial charge on any atom is 0.328 e. The van der Waals surface area contributed by atoms with Crippen LogP contribution in [-0.4, -0.2) is 26.4 Å². The summed E-state index contributed by atoms with van der Waals surface area (Å²) in [4.78, 5) is 10.2. The molecule has 14 heavy (non-hydrogen) atoms. The molecule has 4 N–H and O–H groups in total. The van der Waals surface area contributed by atoms with E-state index in [-0.39, 0.29) is 5.56 Å². The smallest absolute Gasteiger partial charge is 0.328 e. The van der Waals surface area contributed by atoms with Crippen LogP contribution in [0.15, 0.2) is 18.2 Å². The minimum atomic E-state index is -1.17. The number of hydrogen-bond acceptors (Lipinski definition) is 4. The standard InChI is InChI=1S/C9H8O5/c10-6-3-1-5(2-4-7(11)12)8(13)9(6)14/h1-4,10,13-14H,(H,11,12)/b4-2+. The summed E-state index contributed by atoms with van der Waals surface area (Å²) in [7, 11) is 0. The molecule has 0 unspecified atom stereocenters. The van der Waals surface area contributed by atoms with Gasteiger partial charge in [0, 0.05) is 11.6 Å². The van der Waals surface area contributed by atoms with E-state index in [1.54, 1.807) is 0 Å². The van der Waals surface area contributed by atoms with Crippen molar-refractivity contribution in [1.29, 1.82) is 0 Å². The van der Waals surface area contributed by atoms with Gasteiger partial charge in [-0.15, -0.1) is 0 Å². The molecule has 1 aromatic carbocycles. The van der Waals surface area contributed by atoms with Gasteiger partial charge in [-0.1, -0.05) is 0 Å². The van der Waals surface area contributed by atoms with Gasteiger partial charge in [-0.25, -0.2) is 4.79 Å². The van der Waals surface area contributed by atoms with Crippen LogP contribution in [0, 0.1) is 0 Å². The predicted molar refractivity (Wildman–Crippen MR) is 48.1 cm³/mol. The number of rotatable bonds is 2. The Hall–Kier alpha value is -2.17. The number of phenols is 3.